The molecule has 0 atom stereocenters. The second kappa shape index (κ2) is 4.55. The lowest BCUT2D eigenvalue weighted by atomic mass is 10.0. The zero-order chi connectivity index (χ0) is 12.4. The predicted octanol–water partition coefficient (Wildman–Crippen LogP) is 3.73. The lowest BCUT2D eigenvalue weighted by Gasteiger charge is -2.06. The van der Waals surface area contributed by atoms with E-state index in [-0.39, 0.29) is 11.4 Å². The summed E-state index contributed by atoms with van der Waals surface area (Å²) in [5, 5.41) is 20.6. The van der Waals surface area contributed by atoms with Crippen molar-refractivity contribution in [2.45, 2.75) is 0 Å². The van der Waals surface area contributed by atoms with Gasteiger partial charge in [0.05, 0.1) is 9.40 Å². The van der Waals surface area contributed by atoms with Gasteiger partial charge in [-0.25, -0.2) is 0 Å². The molecule has 0 heterocycles. The molecule has 0 spiro atoms. The maximum absolute atomic E-state index is 10.8. The Labute approximate surface area is 106 Å². The number of halogens is 1. The average Bonchev–Trinajstić information content (AvgIpc) is 2.33. The van der Waals surface area contributed by atoms with Gasteiger partial charge in [-0.2, -0.15) is 0 Å². The fourth-order valence-electron chi connectivity index (χ4n) is 1.53. The minimum atomic E-state index is -0.489. The minimum Gasteiger partial charge on any atom is -0.506 e. The highest BCUT2D eigenvalue weighted by Gasteiger charge is 2.15. The molecular weight excluding hydrogens is 286 g/mol. The summed E-state index contributed by atoms with van der Waals surface area (Å²) in [6, 6.07) is 11.7. The molecule has 17 heavy (non-hydrogen) atoms. The number of phenolic OH excluding ortho intramolecular Hbond substituents is 1. The van der Waals surface area contributed by atoms with Gasteiger partial charge in [0, 0.05) is 17.7 Å². The fraction of sp³-hybridized carbons (Fsp3) is 0. The Morgan fingerprint density at radius 2 is 1.82 bits per heavy atom. The molecule has 2 aromatic carbocycles. The molecule has 0 amide bonds. The highest BCUT2D eigenvalue weighted by atomic mass is 79.9. The maximum atomic E-state index is 10.8. The van der Waals surface area contributed by atoms with E-state index in [2.05, 4.69) is 15.9 Å². The standard InChI is InChI=1S/C12H8BrNO3/c13-11-7-9(14(16)17)6-10(12(11)15)8-4-2-1-3-5-8/h1-7,15H. The average molecular weight is 294 g/mol. The third-order valence-corrected chi connectivity index (χ3v) is 2.95. The van der Waals surface area contributed by atoms with Crippen LogP contribution in [0.1, 0.15) is 0 Å². The van der Waals surface area contributed by atoms with E-state index in [1.165, 1.54) is 12.1 Å². The van der Waals surface area contributed by atoms with Crippen molar-refractivity contribution >= 4 is 21.6 Å². The molecule has 0 bridgehead atoms. The number of nitro groups is 1. The number of nitrogens with zero attached hydrogens (tertiary/aromatic N) is 1. The van der Waals surface area contributed by atoms with Crippen LogP contribution in [0.15, 0.2) is 46.9 Å². The van der Waals surface area contributed by atoms with Gasteiger partial charge in [-0.3, -0.25) is 10.1 Å². The lowest BCUT2D eigenvalue weighted by Crippen LogP contribution is -1.90. The van der Waals surface area contributed by atoms with Crippen LogP contribution >= 0.6 is 15.9 Å². The molecule has 5 heteroatoms. The SMILES string of the molecule is O=[N+]([O-])c1cc(Br)c(O)c(-c2ccccc2)c1. The van der Waals surface area contributed by atoms with Crippen molar-refractivity contribution in [3.63, 3.8) is 0 Å². The van der Waals surface area contributed by atoms with Crippen molar-refractivity contribution < 1.29 is 10.0 Å². The van der Waals surface area contributed by atoms with E-state index in [0.717, 1.165) is 5.56 Å². The molecule has 0 aliphatic heterocycles. The van der Waals surface area contributed by atoms with Crippen LogP contribution in [0.4, 0.5) is 5.69 Å². The topological polar surface area (TPSA) is 63.4 Å². The van der Waals surface area contributed by atoms with Crippen molar-refractivity contribution in [1.82, 2.24) is 0 Å². The Bertz CT molecular complexity index is 569. The number of aromatic hydroxyl groups is 1. The quantitative estimate of drug-likeness (QED) is 0.678. The molecule has 0 aromatic heterocycles. The van der Waals surface area contributed by atoms with Crippen molar-refractivity contribution in [1.29, 1.82) is 0 Å². The molecule has 86 valence electrons. The summed E-state index contributed by atoms with van der Waals surface area (Å²) in [7, 11) is 0. The number of nitro benzene ring substituents is 1. The van der Waals surface area contributed by atoms with Crippen LogP contribution in [0.25, 0.3) is 11.1 Å². The second-order valence-electron chi connectivity index (χ2n) is 3.45. The van der Waals surface area contributed by atoms with Gasteiger partial charge in [0.25, 0.3) is 5.69 Å². The molecule has 0 fully saturated rings. The van der Waals surface area contributed by atoms with E-state index in [1.54, 1.807) is 12.1 Å². The summed E-state index contributed by atoms with van der Waals surface area (Å²) >= 11 is 3.11. The Morgan fingerprint density at radius 3 is 2.41 bits per heavy atom. The van der Waals surface area contributed by atoms with Gasteiger partial charge in [-0.15, -0.1) is 0 Å². The molecule has 4 nitrogen and oxygen atoms in total. The van der Waals surface area contributed by atoms with E-state index in [1.807, 2.05) is 18.2 Å². The zero-order valence-electron chi connectivity index (χ0n) is 8.63. The molecule has 2 aromatic rings. The fourth-order valence-corrected chi connectivity index (χ4v) is 1.98. The zero-order valence-corrected chi connectivity index (χ0v) is 10.2. The van der Waals surface area contributed by atoms with Crippen LogP contribution in [-0.4, -0.2) is 10.0 Å². The minimum absolute atomic E-state index is 0.00167. The molecule has 0 aliphatic rings. The van der Waals surface area contributed by atoms with Crippen molar-refractivity contribution in [2.75, 3.05) is 0 Å². The lowest BCUT2D eigenvalue weighted by molar-refractivity contribution is -0.384. The third kappa shape index (κ3) is 2.29. The first kappa shape index (κ1) is 11.6. The van der Waals surface area contributed by atoms with Crippen LogP contribution in [0.2, 0.25) is 0 Å². The first-order valence-electron chi connectivity index (χ1n) is 4.82. The highest BCUT2D eigenvalue weighted by Crippen LogP contribution is 2.38. The molecule has 1 N–H and O–H groups in total. The van der Waals surface area contributed by atoms with Crippen LogP contribution < -0.4 is 0 Å². The van der Waals surface area contributed by atoms with Crippen molar-refractivity contribution in [3.05, 3.63) is 57.1 Å². The molecule has 2 rings (SSSR count). The highest BCUT2D eigenvalue weighted by molar-refractivity contribution is 9.10. The summed E-state index contributed by atoms with van der Waals surface area (Å²) in [6.07, 6.45) is 0. The van der Waals surface area contributed by atoms with Crippen molar-refractivity contribution in [2.24, 2.45) is 0 Å². The first-order valence-corrected chi connectivity index (χ1v) is 5.61. The normalized spacial score (nSPS) is 10.2. The van der Waals surface area contributed by atoms with Crippen molar-refractivity contribution in [3.8, 4) is 16.9 Å². The summed E-state index contributed by atoms with van der Waals surface area (Å²) in [5.41, 5.74) is 1.11. The number of rotatable bonds is 2. The van der Waals surface area contributed by atoms with E-state index in [4.69, 9.17) is 0 Å². The molecule has 0 unspecified atom stereocenters. The van der Waals surface area contributed by atoms with Gasteiger partial charge < -0.3 is 5.11 Å². The molecule has 0 saturated heterocycles. The number of benzene rings is 2. The van der Waals surface area contributed by atoms with Crippen LogP contribution in [-0.2, 0) is 0 Å². The van der Waals surface area contributed by atoms with Gasteiger partial charge in [0.1, 0.15) is 5.75 Å². The van der Waals surface area contributed by atoms with Crippen LogP contribution in [0.5, 0.6) is 5.75 Å². The summed E-state index contributed by atoms with van der Waals surface area (Å²) in [6.45, 7) is 0. The molecular formula is C12H8BrNO3. The Morgan fingerprint density at radius 1 is 1.18 bits per heavy atom. The predicted molar refractivity (Wildman–Crippen MR) is 67.9 cm³/mol. The molecule has 0 radical (unpaired) electrons. The van der Waals surface area contributed by atoms with E-state index in [9.17, 15) is 15.2 Å². The monoisotopic (exact) mass is 293 g/mol. The van der Waals surface area contributed by atoms with Gasteiger partial charge in [-0.05, 0) is 21.5 Å². The number of phenols is 1. The van der Waals surface area contributed by atoms with Gasteiger partial charge in [0.15, 0.2) is 0 Å². The smallest absolute Gasteiger partial charge is 0.271 e. The Hall–Kier alpha value is -1.88. The Kier molecular flexibility index (Phi) is 3.10. The first-order chi connectivity index (χ1) is 8.09. The summed E-state index contributed by atoms with van der Waals surface area (Å²) in [5.74, 6) is 0.00167. The molecule has 0 aliphatic carbocycles. The van der Waals surface area contributed by atoms with E-state index >= 15 is 0 Å². The van der Waals surface area contributed by atoms with Gasteiger partial charge >= 0.3 is 0 Å². The Balaban J connectivity index is 2.65. The van der Waals surface area contributed by atoms with Crippen LogP contribution in [0.3, 0.4) is 0 Å². The van der Waals surface area contributed by atoms with E-state index in [0.29, 0.717) is 10.0 Å². The largest absolute Gasteiger partial charge is 0.506 e. The maximum Gasteiger partial charge on any atom is 0.271 e. The third-order valence-electron chi connectivity index (χ3n) is 2.34. The number of hydrogen-bond acceptors (Lipinski definition) is 3. The summed E-state index contributed by atoms with van der Waals surface area (Å²) < 4.78 is 0.311. The number of hydrogen-bond donors (Lipinski definition) is 1. The van der Waals surface area contributed by atoms with Gasteiger partial charge in [0.2, 0.25) is 0 Å². The van der Waals surface area contributed by atoms with E-state index < -0.39 is 4.92 Å². The molecule has 0 saturated carbocycles. The van der Waals surface area contributed by atoms with Crippen LogP contribution in [0, 0.1) is 10.1 Å². The second-order valence-corrected chi connectivity index (χ2v) is 4.30. The number of non-ortho nitro benzene ring substituents is 1. The van der Waals surface area contributed by atoms with Gasteiger partial charge in [-0.1, -0.05) is 30.3 Å². The summed E-state index contributed by atoms with van der Waals surface area (Å²) in [4.78, 5) is 10.3.